The van der Waals surface area contributed by atoms with Gasteiger partial charge in [0.15, 0.2) is 0 Å². The highest BCUT2D eigenvalue weighted by molar-refractivity contribution is 5.82. The molecule has 0 spiro atoms. The summed E-state index contributed by atoms with van der Waals surface area (Å²) in [5.41, 5.74) is 2.09. The molecule has 1 N–H and O–H groups in total. The van der Waals surface area contributed by atoms with Crippen LogP contribution in [0.3, 0.4) is 0 Å². The summed E-state index contributed by atoms with van der Waals surface area (Å²) >= 11 is 0. The Morgan fingerprint density at radius 2 is 1.77 bits per heavy atom. The summed E-state index contributed by atoms with van der Waals surface area (Å²) in [5.74, 6) is 1.25. The van der Waals surface area contributed by atoms with Crippen molar-refractivity contribution in [1.29, 1.82) is 0 Å². The molecule has 0 amide bonds. The number of hydrogen-bond donors (Lipinski definition) is 1. The van der Waals surface area contributed by atoms with Gasteiger partial charge in [0.05, 0.1) is 24.8 Å². The van der Waals surface area contributed by atoms with Gasteiger partial charge in [-0.1, -0.05) is 12.1 Å². The number of nitrogens with one attached hydrogen (secondary N) is 1. The number of fused-ring (bicyclic) bond motifs is 1. The van der Waals surface area contributed by atoms with Crippen molar-refractivity contribution < 1.29 is 14.4 Å². The third-order valence-corrected chi connectivity index (χ3v) is 6.38. The molecule has 39 heavy (non-hydrogen) atoms. The Hall–Kier alpha value is -4.71. The number of nitro groups is 1. The van der Waals surface area contributed by atoms with Gasteiger partial charge in [-0.3, -0.25) is 19.5 Å². The SMILES string of the molecule is COc1ccc(-c2cc3cnc(Nc4cc([N+](=O)[O-])c(N(C)CCN(C)C)cc4OC)nc3n(C)c2=O)cc1. The summed E-state index contributed by atoms with van der Waals surface area (Å²) in [6.07, 6.45) is 1.60. The Labute approximate surface area is 225 Å². The fraction of sp³-hybridized carbons (Fsp3) is 0.296. The number of pyridine rings is 1. The van der Waals surface area contributed by atoms with Crippen molar-refractivity contribution in [1.82, 2.24) is 19.4 Å². The van der Waals surface area contributed by atoms with Crippen LogP contribution in [0.5, 0.6) is 11.5 Å². The van der Waals surface area contributed by atoms with Gasteiger partial charge in [-0.2, -0.15) is 4.98 Å². The van der Waals surface area contributed by atoms with E-state index in [0.717, 1.165) is 12.1 Å². The number of rotatable bonds is 10. The Morgan fingerprint density at radius 3 is 2.38 bits per heavy atom. The van der Waals surface area contributed by atoms with E-state index < -0.39 is 4.92 Å². The summed E-state index contributed by atoms with van der Waals surface area (Å²) in [7, 11) is 10.4. The van der Waals surface area contributed by atoms with Gasteiger partial charge in [-0.25, -0.2) is 4.98 Å². The molecule has 0 aliphatic heterocycles. The van der Waals surface area contributed by atoms with E-state index >= 15 is 0 Å². The van der Waals surface area contributed by atoms with Crippen LogP contribution in [0.2, 0.25) is 0 Å². The summed E-state index contributed by atoms with van der Waals surface area (Å²) in [4.78, 5) is 37.4. The molecule has 2 aromatic carbocycles. The molecule has 12 nitrogen and oxygen atoms in total. The molecule has 0 saturated carbocycles. The minimum absolute atomic E-state index is 0.0862. The number of nitro benzene ring substituents is 1. The minimum Gasteiger partial charge on any atom is -0.497 e. The van der Waals surface area contributed by atoms with Gasteiger partial charge >= 0.3 is 0 Å². The molecule has 0 aliphatic carbocycles. The normalized spacial score (nSPS) is 11.1. The Kier molecular flexibility index (Phi) is 7.96. The Morgan fingerprint density at radius 1 is 1.05 bits per heavy atom. The molecule has 2 heterocycles. The zero-order valence-corrected chi connectivity index (χ0v) is 22.8. The number of hydrogen-bond acceptors (Lipinski definition) is 10. The highest BCUT2D eigenvalue weighted by Crippen LogP contribution is 2.39. The van der Waals surface area contributed by atoms with Crippen molar-refractivity contribution in [2.45, 2.75) is 0 Å². The van der Waals surface area contributed by atoms with Crippen LogP contribution in [-0.2, 0) is 7.05 Å². The molecule has 4 aromatic rings. The van der Waals surface area contributed by atoms with E-state index in [0.29, 0.717) is 46.0 Å². The second-order valence-electron chi connectivity index (χ2n) is 9.27. The van der Waals surface area contributed by atoms with Crippen LogP contribution in [0.25, 0.3) is 22.2 Å². The molecule has 4 rings (SSSR count). The molecule has 204 valence electrons. The standard InChI is InChI=1S/C27H31N7O5/c1-31(2)11-12-32(3)22-15-24(39-6)21(14-23(22)34(36)37)29-27-28-16-18-13-20(26(35)33(4)25(18)30-27)17-7-9-19(38-5)10-8-17/h7-10,13-16H,11-12H2,1-6H3,(H,28,29,30). The molecular weight excluding hydrogens is 502 g/mol. The highest BCUT2D eigenvalue weighted by Gasteiger charge is 2.22. The van der Waals surface area contributed by atoms with E-state index in [9.17, 15) is 14.9 Å². The number of likely N-dealkylation sites (N-methyl/N-ethyl adjacent to an activating group) is 2. The van der Waals surface area contributed by atoms with Gasteiger partial charge in [0.2, 0.25) is 5.95 Å². The van der Waals surface area contributed by atoms with Gasteiger partial charge in [0.25, 0.3) is 11.2 Å². The van der Waals surface area contributed by atoms with Crippen molar-refractivity contribution in [3.8, 4) is 22.6 Å². The van der Waals surface area contributed by atoms with Crippen molar-refractivity contribution in [3.05, 3.63) is 69.1 Å². The van der Waals surface area contributed by atoms with Crippen LogP contribution in [-0.4, -0.2) is 72.8 Å². The van der Waals surface area contributed by atoms with E-state index in [1.54, 1.807) is 51.7 Å². The van der Waals surface area contributed by atoms with Crippen molar-refractivity contribution in [2.24, 2.45) is 7.05 Å². The summed E-state index contributed by atoms with van der Waals surface area (Å²) in [5, 5.41) is 15.6. The lowest BCUT2D eigenvalue weighted by molar-refractivity contribution is -0.384. The minimum atomic E-state index is -0.433. The first-order valence-corrected chi connectivity index (χ1v) is 12.1. The van der Waals surface area contributed by atoms with E-state index in [1.165, 1.54) is 17.7 Å². The van der Waals surface area contributed by atoms with E-state index in [2.05, 4.69) is 15.3 Å². The van der Waals surface area contributed by atoms with Gasteiger partial charge < -0.3 is 24.6 Å². The Balaban J connectivity index is 1.71. The highest BCUT2D eigenvalue weighted by atomic mass is 16.6. The molecule has 0 bridgehead atoms. The maximum atomic E-state index is 13.2. The number of nitrogens with zero attached hydrogens (tertiary/aromatic N) is 6. The summed E-state index contributed by atoms with van der Waals surface area (Å²) in [6, 6.07) is 12.0. The second kappa shape index (κ2) is 11.4. The quantitative estimate of drug-likeness (QED) is 0.238. The number of aryl methyl sites for hydroxylation is 1. The first-order chi connectivity index (χ1) is 18.6. The molecule has 0 atom stereocenters. The van der Waals surface area contributed by atoms with Gasteiger partial charge in [0.1, 0.15) is 22.8 Å². The predicted octanol–water partition coefficient (Wildman–Crippen LogP) is 3.66. The van der Waals surface area contributed by atoms with Crippen molar-refractivity contribution in [3.63, 3.8) is 0 Å². The average Bonchev–Trinajstić information content (AvgIpc) is 2.93. The Bertz CT molecular complexity index is 1570. The largest absolute Gasteiger partial charge is 0.497 e. The van der Waals surface area contributed by atoms with Gasteiger partial charge in [-0.05, 0) is 37.9 Å². The molecule has 0 fully saturated rings. The van der Waals surface area contributed by atoms with Gasteiger partial charge in [-0.15, -0.1) is 0 Å². The third kappa shape index (κ3) is 5.75. The molecule has 2 aromatic heterocycles. The molecule has 0 saturated heterocycles. The smallest absolute Gasteiger partial charge is 0.294 e. The summed E-state index contributed by atoms with van der Waals surface area (Å²) < 4.78 is 12.2. The monoisotopic (exact) mass is 533 g/mol. The molecule has 0 radical (unpaired) electrons. The first kappa shape index (κ1) is 27.3. The average molecular weight is 534 g/mol. The fourth-order valence-electron chi connectivity index (χ4n) is 4.15. The number of aromatic nitrogens is 3. The maximum absolute atomic E-state index is 13.2. The topological polar surface area (TPSA) is 128 Å². The number of ether oxygens (including phenoxy) is 2. The second-order valence-corrected chi connectivity index (χ2v) is 9.27. The third-order valence-electron chi connectivity index (χ3n) is 6.38. The molecule has 0 unspecified atom stereocenters. The number of benzene rings is 2. The van der Waals surface area contributed by atoms with E-state index in [4.69, 9.17) is 9.47 Å². The molecule has 12 heteroatoms. The van der Waals surface area contributed by atoms with Crippen LogP contribution >= 0.6 is 0 Å². The molecular formula is C27H31N7O5. The van der Waals surface area contributed by atoms with Crippen LogP contribution in [0, 0.1) is 10.1 Å². The maximum Gasteiger partial charge on any atom is 0.294 e. The lowest BCUT2D eigenvalue weighted by atomic mass is 10.1. The van der Waals surface area contributed by atoms with Crippen molar-refractivity contribution >= 4 is 34.0 Å². The van der Waals surface area contributed by atoms with Crippen LogP contribution < -0.4 is 25.2 Å². The van der Waals surface area contributed by atoms with Crippen LogP contribution in [0.15, 0.2) is 53.5 Å². The lowest BCUT2D eigenvalue weighted by Crippen LogP contribution is -2.29. The molecule has 0 aliphatic rings. The van der Waals surface area contributed by atoms with Crippen LogP contribution in [0.4, 0.5) is 23.0 Å². The van der Waals surface area contributed by atoms with Crippen LogP contribution in [0.1, 0.15) is 0 Å². The predicted molar refractivity (Wildman–Crippen MR) is 152 cm³/mol. The summed E-state index contributed by atoms with van der Waals surface area (Å²) in [6.45, 7) is 1.31. The number of anilines is 3. The van der Waals surface area contributed by atoms with E-state index in [-0.39, 0.29) is 17.2 Å². The zero-order chi connectivity index (χ0) is 28.3. The van der Waals surface area contributed by atoms with Gasteiger partial charge in [0, 0.05) is 56.5 Å². The first-order valence-electron chi connectivity index (χ1n) is 12.1. The number of methoxy groups -OCH3 is 2. The van der Waals surface area contributed by atoms with Crippen molar-refractivity contribution in [2.75, 3.05) is 58.7 Å². The lowest BCUT2D eigenvalue weighted by Gasteiger charge is -2.22. The zero-order valence-electron chi connectivity index (χ0n) is 22.8. The fourth-order valence-corrected chi connectivity index (χ4v) is 4.15. The van der Waals surface area contributed by atoms with E-state index in [1.807, 2.05) is 36.0 Å².